The van der Waals surface area contributed by atoms with E-state index in [1.165, 1.54) is 24.3 Å². The molecule has 0 bridgehead atoms. The average Bonchev–Trinajstić information content (AvgIpc) is 2.45. The molecule has 5 nitrogen and oxygen atoms in total. The van der Waals surface area contributed by atoms with Crippen molar-refractivity contribution < 1.29 is 14.6 Å². The van der Waals surface area contributed by atoms with Crippen LogP contribution >= 0.6 is 34.8 Å². The fraction of sp³-hybridized carbons (Fsp3) is 0.0714. The van der Waals surface area contributed by atoms with Gasteiger partial charge >= 0.3 is 6.03 Å². The van der Waals surface area contributed by atoms with E-state index < -0.39 is 6.03 Å². The first-order valence-corrected chi connectivity index (χ1v) is 7.20. The molecule has 0 aliphatic carbocycles. The van der Waals surface area contributed by atoms with Crippen LogP contribution in [0.4, 0.5) is 10.5 Å². The maximum atomic E-state index is 11.7. The number of aromatic hydroxyl groups is 1. The summed E-state index contributed by atoms with van der Waals surface area (Å²) in [5, 5.41) is 15.7. The van der Waals surface area contributed by atoms with Crippen molar-refractivity contribution in [3.8, 4) is 11.5 Å². The molecular formula is C14H11Cl3N2O3. The van der Waals surface area contributed by atoms with Gasteiger partial charge in [0.05, 0.1) is 10.7 Å². The summed E-state index contributed by atoms with van der Waals surface area (Å²) in [6.45, 7) is -0.117. The summed E-state index contributed by atoms with van der Waals surface area (Å²) < 4.78 is 5.30. The number of nitrogens with one attached hydrogen (secondary N) is 2. The molecule has 3 N–H and O–H groups in total. The van der Waals surface area contributed by atoms with Crippen molar-refractivity contribution in [3.05, 3.63) is 51.5 Å². The number of hydrogen-bond donors (Lipinski definition) is 3. The molecular weight excluding hydrogens is 351 g/mol. The summed E-state index contributed by atoms with van der Waals surface area (Å²) in [6, 6.07) is 8.48. The first-order chi connectivity index (χ1) is 10.5. The zero-order valence-corrected chi connectivity index (χ0v) is 13.3. The minimum Gasteiger partial charge on any atom is -0.506 e. The van der Waals surface area contributed by atoms with Crippen LogP contribution in [0.15, 0.2) is 36.4 Å². The molecule has 0 fully saturated rings. The van der Waals surface area contributed by atoms with Gasteiger partial charge in [-0.3, -0.25) is 0 Å². The maximum Gasteiger partial charge on any atom is 0.321 e. The summed E-state index contributed by atoms with van der Waals surface area (Å²) >= 11 is 17.5. The Morgan fingerprint density at radius 1 is 1.09 bits per heavy atom. The molecule has 2 aromatic rings. The van der Waals surface area contributed by atoms with Crippen molar-refractivity contribution in [2.75, 3.05) is 12.0 Å². The number of amides is 2. The maximum absolute atomic E-state index is 11.7. The largest absolute Gasteiger partial charge is 0.506 e. The van der Waals surface area contributed by atoms with E-state index in [1.807, 2.05) is 0 Å². The van der Waals surface area contributed by atoms with Gasteiger partial charge in [0.25, 0.3) is 0 Å². The predicted molar refractivity (Wildman–Crippen MR) is 87.2 cm³/mol. The van der Waals surface area contributed by atoms with Crippen LogP contribution in [0, 0.1) is 0 Å². The van der Waals surface area contributed by atoms with Gasteiger partial charge in [-0.2, -0.15) is 0 Å². The van der Waals surface area contributed by atoms with Gasteiger partial charge in [-0.15, -0.1) is 0 Å². The highest BCUT2D eigenvalue weighted by Gasteiger charge is 2.07. The lowest BCUT2D eigenvalue weighted by atomic mass is 10.3. The van der Waals surface area contributed by atoms with E-state index in [2.05, 4.69) is 10.6 Å². The van der Waals surface area contributed by atoms with Gasteiger partial charge < -0.3 is 20.5 Å². The summed E-state index contributed by atoms with van der Waals surface area (Å²) in [6.07, 6.45) is 0. The molecule has 8 heteroatoms. The predicted octanol–water partition coefficient (Wildman–Crippen LogP) is 4.51. The molecule has 0 atom stereocenters. The second-order valence-electron chi connectivity index (χ2n) is 4.16. The van der Waals surface area contributed by atoms with Crippen LogP contribution in [0.3, 0.4) is 0 Å². The molecule has 0 aliphatic heterocycles. The Hall–Kier alpha value is -1.82. The van der Waals surface area contributed by atoms with Crippen molar-refractivity contribution in [1.29, 1.82) is 0 Å². The number of hydrogen-bond acceptors (Lipinski definition) is 3. The van der Waals surface area contributed by atoms with Gasteiger partial charge in [0.1, 0.15) is 11.5 Å². The standard InChI is InChI=1S/C14H11Cl3N2O3/c15-8-2-4-13(10(17)5-8)22-7-18-14(21)19-11-6-9(16)1-3-12(11)20/h1-6,20H,7H2,(H2,18,19,21). The zero-order valence-electron chi connectivity index (χ0n) is 11.1. The minimum absolute atomic E-state index is 0.0961. The fourth-order valence-corrected chi connectivity index (χ4v) is 2.18. The highest BCUT2D eigenvalue weighted by Crippen LogP contribution is 2.27. The van der Waals surface area contributed by atoms with E-state index in [9.17, 15) is 9.90 Å². The van der Waals surface area contributed by atoms with E-state index in [-0.39, 0.29) is 18.2 Å². The van der Waals surface area contributed by atoms with Gasteiger partial charge in [0.15, 0.2) is 6.73 Å². The smallest absolute Gasteiger partial charge is 0.321 e. The van der Waals surface area contributed by atoms with Crippen molar-refractivity contribution >= 4 is 46.5 Å². The molecule has 0 aliphatic rings. The highest BCUT2D eigenvalue weighted by atomic mass is 35.5. The Balaban J connectivity index is 1.86. The molecule has 0 unspecified atom stereocenters. The van der Waals surface area contributed by atoms with E-state index >= 15 is 0 Å². The molecule has 2 aromatic carbocycles. The Morgan fingerprint density at radius 2 is 1.77 bits per heavy atom. The van der Waals surface area contributed by atoms with Crippen LogP contribution in [0.5, 0.6) is 11.5 Å². The number of halogens is 3. The molecule has 2 rings (SSSR count). The molecule has 2 amide bonds. The Kier molecular flexibility index (Phi) is 5.60. The number of carbonyl (C=O) groups is 1. The molecule has 0 radical (unpaired) electrons. The number of anilines is 1. The third kappa shape index (κ3) is 4.59. The van der Waals surface area contributed by atoms with Gasteiger partial charge in [-0.25, -0.2) is 4.79 Å². The Labute approximate surface area is 141 Å². The zero-order chi connectivity index (χ0) is 16.1. The lowest BCUT2D eigenvalue weighted by Gasteiger charge is -2.11. The normalized spacial score (nSPS) is 10.1. The van der Waals surface area contributed by atoms with Crippen LogP contribution in [0.1, 0.15) is 0 Å². The SMILES string of the molecule is O=C(NCOc1ccc(Cl)cc1Cl)Nc1cc(Cl)ccc1O. The van der Waals surface area contributed by atoms with Crippen molar-refractivity contribution in [3.63, 3.8) is 0 Å². The third-order valence-corrected chi connectivity index (χ3v) is 3.33. The molecule has 116 valence electrons. The minimum atomic E-state index is -0.567. The van der Waals surface area contributed by atoms with Crippen molar-refractivity contribution in [2.45, 2.75) is 0 Å². The molecule has 0 saturated carbocycles. The van der Waals surface area contributed by atoms with Crippen LogP contribution in [-0.4, -0.2) is 17.9 Å². The quantitative estimate of drug-likeness (QED) is 0.554. The molecule has 0 heterocycles. The number of ether oxygens (including phenoxy) is 1. The van der Waals surface area contributed by atoms with Gasteiger partial charge in [-0.1, -0.05) is 34.8 Å². The third-order valence-electron chi connectivity index (χ3n) is 2.56. The number of urea groups is 1. The van der Waals surface area contributed by atoms with E-state index in [4.69, 9.17) is 39.5 Å². The summed E-state index contributed by atoms with van der Waals surface area (Å²) in [5.41, 5.74) is 0.189. The number of phenolic OH excluding ortho intramolecular Hbond substituents is 1. The van der Waals surface area contributed by atoms with Crippen LogP contribution < -0.4 is 15.4 Å². The first kappa shape index (κ1) is 16.5. The number of carbonyl (C=O) groups excluding carboxylic acids is 1. The van der Waals surface area contributed by atoms with Crippen molar-refractivity contribution in [2.24, 2.45) is 0 Å². The van der Waals surface area contributed by atoms with E-state index in [0.29, 0.717) is 20.8 Å². The molecule has 0 spiro atoms. The van der Waals surface area contributed by atoms with Crippen molar-refractivity contribution in [1.82, 2.24) is 5.32 Å². The first-order valence-electron chi connectivity index (χ1n) is 6.07. The Morgan fingerprint density at radius 3 is 2.50 bits per heavy atom. The summed E-state index contributed by atoms with van der Waals surface area (Å²) in [4.78, 5) is 11.7. The van der Waals surface area contributed by atoms with Crippen LogP contribution in [0.25, 0.3) is 0 Å². The van der Waals surface area contributed by atoms with Crippen LogP contribution in [0.2, 0.25) is 15.1 Å². The lowest BCUT2D eigenvalue weighted by molar-refractivity contribution is 0.234. The molecule has 0 saturated heterocycles. The average molecular weight is 362 g/mol. The summed E-state index contributed by atoms with van der Waals surface area (Å²) in [7, 11) is 0. The highest BCUT2D eigenvalue weighted by molar-refractivity contribution is 6.35. The number of phenols is 1. The van der Waals surface area contributed by atoms with Crippen LogP contribution in [-0.2, 0) is 0 Å². The van der Waals surface area contributed by atoms with E-state index in [0.717, 1.165) is 0 Å². The number of benzene rings is 2. The molecule has 0 aromatic heterocycles. The molecule has 22 heavy (non-hydrogen) atoms. The lowest BCUT2D eigenvalue weighted by Crippen LogP contribution is -2.32. The Bertz CT molecular complexity index is 695. The second-order valence-corrected chi connectivity index (χ2v) is 5.44. The monoisotopic (exact) mass is 360 g/mol. The van der Waals surface area contributed by atoms with Gasteiger partial charge in [-0.05, 0) is 36.4 Å². The van der Waals surface area contributed by atoms with Gasteiger partial charge in [0.2, 0.25) is 0 Å². The summed E-state index contributed by atoms with van der Waals surface area (Å²) in [5.74, 6) is 0.290. The van der Waals surface area contributed by atoms with Gasteiger partial charge in [0, 0.05) is 10.0 Å². The van der Waals surface area contributed by atoms with E-state index in [1.54, 1.807) is 12.1 Å². The topological polar surface area (TPSA) is 70.6 Å². The number of rotatable bonds is 4. The fourth-order valence-electron chi connectivity index (χ4n) is 1.55. The second kappa shape index (κ2) is 7.45.